The molecule has 0 bridgehead atoms. The van der Waals surface area contributed by atoms with Crippen LogP contribution in [-0.4, -0.2) is 42.6 Å². The number of anilines is 1. The van der Waals surface area contributed by atoms with Gasteiger partial charge in [-0.3, -0.25) is 9.69 Å². The monoisotopic (exact) mass is 288 g/mol. The SMILES string of the molecule is C[C@H]1CN([C@@H](C)C(=O)Nc2ccc3c(c2)CCC3)CCO1. The van der Waals surface area contributed by atoms with Crippen molar-refractivity contribution >= 4 is 11.6 Å². The third kappa shape index (κ3) is 3.27. The van der Waals surface area contributed by atoms with Gasteiger partial charge in [-0.25, -0.2) is 0 Å². The summed E-state index contributed by atoms with van der Waals surface area (Å²) in [6.45, 7) is 6.37. The molecule has 1 aliphatic carbocycles. The molecule has 1 amide bonds. The first-order valence-corrected chi connectivity index (χ1v) is 7.92. The summed E-state index contributed by atoms with van der Waals surface area (Å²) in [5.74, 6) is 0.0713. The number of fused-ring (bicyclic) bond motifs is 1. The van der Waals surface area contributed by atoms with Gasteiger partial charge in [0.2, 0.25) is 5.91 Å². The van der Waals surface area contributed by atoms with E-state index >= 15 is 0 Å². The molecule has 1 aromatic carbocycles. The normalized spacial score (nSPS) is 23.6. The van der Waals surface area contributed by atoms with Gasteiger partial charge in [0.05, 0.1) is 18.8 Å². The van der Waals surface area contributed by atoms with E-state index < -0.39 is 0 Å². The van der Waals surface area contributed by atoms with Crippen molar-refractivity contribution in [2.45, 2.75) is 45.3 Å². The van der Waals surface area contributed by atoms with Gasteiger partial charge in [-0.05, 0) is 56.4 Å². The lowest BCUT2D eigenvalue weighted by molar-refractivity contribution is -0.123. The summed E-state index contributed by atoms with van der Waals surface area (Å²) in [6.07, 6.45) is 3.74. The zero-order valence-electron chi connectivity index (χ0n) is 12.9. The second kappa shape index (κ2) is 6.16. The largest absolute Gasteiger partial charge is 0.376 e. The molecule has 4 nitrogen and oxygen atoms in total. The summed E-state index contributed by atoms with van der Waals surface area (Å²) in [4.78, 5) is 14.6. The van der Waals surface area contributed by atoms with Crippen LogP contribution in [0.2, 0.25) is 0 Å². The van der Waals surface area contributed by atoms with Crippen LogP contribution in [0.15, 0.2) is 18.2 Å². The van der Waals surface area contributed by atoms with E-state index in [1.807, 2.05) is 13.0 Å². The highest BCUT2D eigenvalue weighted by Crippen LogP contribution is 2.25. The number of aryl methyl sites for hydroxylation is 2. The first kappa shape index (κ1) is 14.5. The number of ether oxygens (including phenoxy) is 1. The first-order chi connectivity index (χ1) is 10.1. The van der Waals surface area contributed by atoms with Gasteiger partial charge in [0.25, 0.3) is 0 Å². The van der Waals surface area contributed by atoms with Gasteiger partial charge in [-0.1, -0.05) is 6.07 Å². The Hall–Kier alpha value is -1.39. The zero-order chi connectivity index (χ0) is 14.8. The molecule has 114 valence electrons. The fraction of sp³-hybridized carbons (Fsp3) is 0.588. The minimum absolute atomic E-state index is 0.0713. The maximum Gasteiger partial charge on any atom is 0.241 e. The van der Waals surface area contributed by atoms with Crippen LogP contribution >= 0.6 is 0 Å². The fourth-order valence-electron chi connectivity index (χ4n) is 3.26. The average molecular weight is 288 g/mol. The Morgan fingerprint density at radius 1 is 1.38 bits per heavy atom. The Bertz CT molecular complexity index is 530. The first-order valence-electron chi connectivity index (χ1n) is 7.92. The molecule has 4 heteroatoms. The van der Waals surface area contributed by atoms with E-state index in [0.717, 1.165) is 25.2 Å². The molecular weight excluding hydrogens is 264 g/mol. The predicted molar refractivity (Wildman–Crippen MR) is 83.5 cm³/mol. The van der Waals surface area contributed by atoms with E-state index in [0.29, 0.717) is 6.61 Å². The quantitative estimate of drug-likeness (QED) is 0.927. The lowest BCUT2D eigenvalue weighted by atomic mass is 10.1. The zero-order valence-corrected chi connectivity index (χ0v) is 12.9. The third-order valence-corrected chi connectivity index (χ3v) is 4.57. The van der Waals surface area contributed by atoms with Crippen molar-refractivity contribution in [3.05, 3.63) is 29.3 Å². The van der Waals surface area contributed by atoms with Crippen LogP contribution in [-0.2, 0) is 22.4 Å². The summed E-state index contributed by atoms with van der Waals surface area (Å²) >= 11 is 0. The van der Waals surface area contributed by atoms with Crippen LogP contribution in [0.4, 0.5) is 5.69 Å². The maximum absolute atomic E-state index is 12.4. The number of hydrogen-bond donors (Lipinski definition) is 1. The Morgan fingerprint density at radius 3 is 3.00 bits per heavy atom. The Balaban J connectivity index is 1.62. The van der Waals surface area contributed by atoms with Crippen molar-refractivity contribution < 1.29 is 9.53 Å². The van der Waals surface area contributed by atoms with E-state index in [4.69, 9.17) is 4.74 Å². The molecule has 0 saturated carbocycles. The number of rotatable bonds is 3. The van der Waals surface area contributed by atoms with Crippen molar-refractivity contribution in [2.75, 3.05) is 25.0 Å². The van der Waals surface area contributed by atoms with E-state index in [1.165, 1.54) is 24.0 Å². The second-order valence-electron chi connectivity index (χ2n) is 6.18. The highest BCUT2D eigenvalue weighted by atomic mass is 16.5. The molecule has 1 heterocycles. The van der Waals surface area contributed by atoms with Crippen LogP contribution in [0.25, 0.3) is 0 Å². The van der Waals surface area contributed by atoms with Crippen molar-refractivity contribution in [1.29, 1.82) is 0 Å². The Morgan fingerprint density at radius 2 is 2.19 bits per heavy atom. The van der Waals surface area contributed by atoms with E-state index in [9.17, 15) is 4.79 Å². The van der Waals surface area contributed by atoms with Crippen molar-refractivity contribution in [3.8, 4) is 0 Å². The molecule has 1 N–H and O–H groups in total. The van der Waals surface area contributed by atoms with Crippen molar-refractivity contribution in [2.24, 2.45) is 0 Å². The van der Waals surface area contributed by atoms with Gasteiger partial charge >= 0.3 is 0 Å². The van der Waals surface area contributed by atoms with Crippen LogP contribution in [0.1, 0.15) is 31.4 Å². The van der Waals surface area contributed by atoms with Crippen LogP contribution in [0, 0.1) is 0 Å². The highest BCUT2D eigenvalue weighted by molar-refractivity contribution is 5.94. The minimum atomic E-state index is -0.121. The number of nitrogens with one attached hydrogen (secondary N) is 1. The topological polar surface area (TPSA) is 41.6 Å². The molecule has 1 aromatic rings. The molecule has 0 aromatic heterocycles. The average Bonchev–Trinajstić information content (AvgIpc) is 2.94. The van der Waals surface area contributed by atoms with Gasteiger partial charge in [-0.15, -0.1) is 0 Å². The maximum atomic E-state index is 12.4. The molecular formula is C17H24N2O2. The van der Waals surface area contributed by atoms with E-state index in [-0.39, 0.29) is 18.1 Å². The predicted octanol–water partition coefficient (Wildman–Crippen LogP) is 2.22. The molecule has 0 radical (unpaired) electrons. The number of morpholine rings is 1. The van der Waals surface area contributed by atoms with Crippen molar-refractivity contribution in [1.82, 2.24) is 4.90 Å². The number of nitrogens with zero attached hydrogens (tertiary/aromatic N) is 1. The number of carbonyl (C=O) groups excluding carboxylic acids is 1. The third-order valence-electron chi connectivity index (χ3n) is 4.57. The van der Waals surface area contributed by atoms with Gasteiger partial charge in [0.15, 0.2) is 0 Å². The number of carbonyl (C=O) groups is 1. The number of benzene rings is 1. The number of amides is 1. The van der Waals surface area contributed by atoms with Gasteiger partial charge < -0.3 is 10.1 Å². The highest BCUT2D eigenvalue weighted by Gasteiger charge is 2.26. The van der Waals surface area contributed by atoms with Crippen LogP contribution in [0.5, 0.6) is 0 Å². The lowest BCUT2D eigenvalue weighted by Gasteiger charge is -2.34. The Labute approximate surface area is 126 Å². The number of hydrogen-bond acceptors (Lipinski definition) is 3. The fourth-order valence-corrected chi connectivity index (χ4v) is 3.26. The summed E-state index contributed by atoms with van der Waals surface area (Å²) in [5, 5.41) is 3.06. The molecule has 0 spiro atoms. The van der Waals surface area contributed by atoms with Crippen LogP contribution < -0.4 is 5.32 Å². The van der Waals surface area contributed by atoms with Crippen molar-refractivity contribution in [3.63, 3.8) is 0 Å². The minimum Gasteiger partial charge on any atom is -0.376 e. The molecule has 3 rings (SSSR count). The summed E-state index contributed by atoms with van der Waals surface area (Å²) in [7, 11) is 0. The van der Waals surface area contributed by atoms with E-state index in [1.54, 1.807) is 0 Å². The molecule has 1 aliphatic heterocycles. The standard InChI is InChI=1S/C17H24N2O2/c1-12-11-19(8-9-21-12)13(2)17(20)18-16-7-6-14-4-3-5-15(14)10-16/h6-7,10,12-13H,3-5,8-9,11H2,1-2H3,(H,18,20)/t12-,13-/m0/s1. The Kier molecular flexibility index (Phi) is 4.27. The van der Waals surface area contributed by atoms with Gasteiger partial charge in [0.1, 0.15) is 0 Å². The molecule has 2 aliphatic rings. The molecule has 0 unspecified atom stereocenters. The summed E-state index contributed by atoms with van der Waals surface area (Å²) in [6, 6.07) is 6.19. The summed E-state index contributed by atoms with van der Waals surface area (Å²) in [5.41, 5.74) is 3.75. The molecule has 1 saturated heterocycles. The molecule has 2 atom stereocenters. The molecule has 1 fully saturated rings. The second-order valence-corrected chi connectivity index (χ2v) is 6.18. The smallest absolute Gasteiger partial charge is 0.241 e. The van der Waals surface area contributed by atoms with E-state index in [2.05, 4.69) is 29.3 Å². The summed E-state index contributed by atoms with van der Waals surface area (Å²) < 4.78 is 5.53. The van der Waals surface area contributed by atoms with Gasteiger partial charge in [-0.2, -0.15) is 0 Å². The van der Waals surface area contributed by atoms with Gasteiger partial charge in [0, 0.05) is 18.8 Å². The molecule has 21 heavy (non-hydrogen) atoms. The lowest BCUT2D eigenvalue weighted by Crippen LogP contribution is -2.50. The van der Waals surface area contributed by atoms with Crippen LogP contribution in [0.3, 0.4) is 0 Å².